The number of nitrogens with two attached hydrogens (primary N) is 1. The first-order chi connectivity index (χ1) is 8.24. The predicted molar refractivity (Wildman–Crippen MR) is 68.2 cm³/mol. The monoisotopic (exact) mass is 236 g/mol. The molecule has 2 rings (SSSR count). The zero-order valence-electron chi connectivity index (χ0n) is 10.5. The van der Waals surface area contributed by atoms with Crippen LogP contribution < -0.4 is 10.5 Å². The molecule has 1 aliphatic rings. The second-order valence-electron chi connectivity index (χ2n) is 4.25. The summed E-state index contributed by atoms with van der Waals surface area (Å²) in [5.41, 5.74) is 7.61. The Morgan fingerprint density at radius 1 is 1.53 bits per heavy atom. The van der Waals surface area contributed by atoms with Gasteiger partial charge in [0.2, 0.25) is 0 Å². The van der Waals surface area contributed by atoms with E-state index in [4.69, 9.17) is 15.2 Å². The summed E-state index contributed by atoms with van der Waals surface area (Å²) >= 11 is 0. The topological polar surface area (TPSA) is 47.7 Å². The second kappa shape index (κ2) is 5.38. The highest BCUT2D eigenvalue weighted by atomic mass is 16.5. The Morgan fingerprint density at radius 2 is 2.35 bits per heavy atom. The molecule has 4 nitrogen and oxygen atoms in total. The van der Waals surface area contributed by atoms with Crippen molar-refractivity contribution in [3.63, 3.8) is 0 Å². The minimum Gasteiger partial charge on any atom is -0.495 e. The van der Waals surface area contributed by atoms with Gasteiger partial charge in [-0.1, -0.05) is 13.0 Å². The van der Waals surface area contributed by atoms with Crippen molar-refractivity contribution in [2.45, 2.75) is 13.0 Å². The fourth-order valence-electron chi connectivity index (χ4n) is 2.12. The van der Waals surface area contributed by atoms with E-state index in [1.54, 1.807) is 7.11 Å². The third kappa shape index (κ3) is 2.70. The molecule has 1 unspecified atom stereocenters. The standard InChI is InChI=1S/C13H20N2O2/c1-3-15-6-7-17-13(9-15)10-4-5-11(14)12(8-10)16-2/h4-5,8,13H,3,6-7,9,14H2,1-2H3. The molecule has 1 atom stereocenters. The first-order valence-electron chi connectivity index (χ1n) is 6.02. The van der Waals surface area contributed by atoms with Crippen molar-refractivity contribution in [3.8, 4) is 5.75 Å². The summed E-state index contributed by atoms with van der Waals surface area (Å²) in [5.74, 6) is 0.722. The minimum absolute atomic E-state index is 0.123. The Labute approximate surface area is 102 Å². The van der Waals surface area contributed by atoms with Gasteiger partial charge in [-0.15, -0.1) is 0 Å². The van der Waals surface area contributed by atoms with E-state index in [-0.39, 0.29) is 6.10 Å². The first kappa shape index (κ1) is 12.2. The van der Waals surface area contributed by atoms with Crippen molar-refractivity contribution in [2.75, 3.05) is 39.1 Å². The molecule has 1 aliphatic heterocycles. The molecule has 0 aromatic heterocycles. The summed E-state index contributed by atoms with van der Waals surface area (Å²) in [5, 5.41) is 0. The molecule has 0 bridgehead atoms. The van der Waals surface area contributed by atoms with E-state index in [1.807, 2.05) is 18.2 Å². The molecule has 17 heavy (non-hydrogen) atoms. The average Bonchev–Trinajstić information content (AvgIpc) is 2.39. The van der Waals surface area contributed by atoms with Gasteiger partial charge in [0, 0.05) is 13.1 Å². The van der Waals surface area contributed by atoms with E-state index >= 15 is 0 Å². The van der Waals surface area contributed by atoms with Crippen LogP contribution in [0.3, 0.4) is 0 Å². The molecule has 0 spiro atoms. The summed E-state index contributed by atoms with van der Waals surface area (Å²) in [4.78, 5) is 2.39. The average molecular weight is 236 g/mol. The Morgan fingerprint density at radius 3 is 3.06 bits per heavy atom. The van der Waals surface area contributed by atoms with E-state index in [9.17, 15) is 0 Å². The molecule has 1 aromatic carbocycles. The van der Waals surface area contributed by atoms with Gasteiger partial charge in [0.05, 0.1) is 25.5 Å². The van der Waals surface area contributed by atoms with Crippen LogP contribution in [0, 0.1) is 0 Å². The quantitative estimate of drug-likeness (QED) is 0.811. The van der Waals surface area contributed by atoms with Gasteiger partial charge in [-0.25, -0.2) is 0 Å². The summed E-state index contributed by atoms with van der Waals surface area (Å²) in [6.07, 6.45) is 0.123. The fourth-order valence-corrected chi connectivity index (χ4v) is 2.12. The molecule has 0 saturated carbocycles. The molecule has 4 heteroatoms. The molecule has 1 saturated heterocycles. The normalized spacial score (nSPS) is 21.4. The van der Waals surface area contributed by atoms with Crippen molar-refractivity contribution in [2.24, 2.45) is 0 Å². The van der Waals surface area contributed by atoms with Crippen LogP contribution in [0.5, 0.6) is 5.75 Å². The minimum atomic E-state index is 0.123. The van der Waals surface area contributed by atoms with Gasteiger partial charge in [0.1, 0.15) is 5.75 Å². The van der Waals surface area contributed by atoms with E-state index < -0.39 is 0 Å². The Balaban J connectivity index is 2.16. The van der Waals surface area contributed by atoms with Gasteiger partial charge >= 0.3 is 0 Å². The molecule has 1 aromatic rings. The lowest BCUT2D eigenvalue weighted by atomic mass is 10.1. The summed E-state index contributed by atoms with van der Waals surface area (Å²) in [7, 11) is 1.63. The third-order valence-corrected chi connectivity index (χ3v) is 3.23. The lowest BCUT2D eigenvalue weighted by Crippen LogP contribution is -2.38. The lowest BCUT2D eigenvalue weighted by Gasteiger charge is -2.32. The number of methoxy groups -OCH3 is 1. The Bertz CT molecular complexity index is 382. The van der Waals surface area contributed by atoms with Crippen LogP contribution in [0.1, 0.15) is 18.6 Å². The molecule has 1 heterocycles. The largest absolute Gasteiger partial charge is 0.495 e. The second-order valence-corrected chi connectivity index (χ2v) is 4.25. The Kier molecular flexibility index (Phi) is 3.86. The fraction of sp³-hybridized carbons (Fsp3) is 0.538. The number of benzene rings is 1. The van der Waals surface area contributed by atoms with Gasteiger partial charge in [-0.3, -0.25) is 4.90 Å². The van der Waals surface area contributed by atoms with Gasteiger partial charge < -0.3 is 15.2 Å². The molecule has 0 aliphatic carbocycles. The third-order valence-electron chi connectivity index (χ3n) is 3.23. The predicted octanol–water partition coefficient (Wildman–Crippen LogP) is 1.67. The van der Waals surface area contributed by atoms with Crippen LogP contribution in [0.4, 0.5) is 5.69 Å². The van der Waals surface area contributed by atoms with Gasteiger partial charge in [-0.2, -0.15) is 0 Å². The molecule has 2 N–H and O–H groups in total. The highest BCUT2D eigenvalue weighted by Crippen LogP contribution is 2.29. The number of likely N-dealkylation sites (N-methyl/N-ethyl adjacent to an activating group) is 1. The molecular formula is C13H20N2O2. The van der Waals surface area contributed by atoms with Crippen LogP contribution in [-0.2, 0) is 4.74 Å². The Hall–Kier alpha value is -1.26. The van der Waals surface area contributed by atoms with Crippen LogP contribution in [0.15, 0.2) is 18.2 Å². The first-order valence-corrected chi connectivity index (χ1v) is 6.02. The number of hydrogen-bond donors (Lipinski definition) is 1. The maximum atomic E-state index is 5.81. The molecule has 94 valence electrons. The van der Waals surface area contributed by atoms with Crippen LogP contribution in [-0.4, -0.2) is 38.3 Å². The lowest BCUT2D eigenvalue weighted by molar-refractivity contribution is -0.0282. The van der Waals surface area contributed by atoms with E-state index in [2.05, 4.69) is 11.8 Å². The number of nitrogens with zero attached hydrogens (tertiary/aromatic N) is 1. The summed E-state index contributed by atoms with van der Waals surface area (Å²) < 4.78 is 11.0. The highest BCUT2D eigenvalue weighted by molar-refractivity contribution is 5.54. The smallest absolute Gasteiger partial charge is 0.142 e. The number of hydrogen-bond acceptors (Lipinski definition) is 4. The van der Waals surface area contributed by atoms with E-state index in [0.717, 1.165) is 37.6 Å². The SMILES string of the molecule is CCN1CCOC(c2ccc(N)c(OC)c2)C1. The zero-order chi connectivity index (χ0) is 12.3. The van der Waals surface area contributed by atoms with Gasteiger partial charge in [0.25, 0.3) is 0 Å². The van der Waals surface area contributed by atoms with Crippen LogP contribution in [0.2, 0.25) is 0 Å². The van der Waals surface area contributed by atoms with Crippen LogP contribution >= 0.6 is 0 Å². The van der Waals surface area contributed by atoms with E-state index in [1.165, 1.54) is 0 Å². The summed E-state index contributed by atoms with van der Waals surface area (Å²) in [6, 6.07) is 5.86. The maximum absolute atomic E-state index is 5.81. The van der Waals surface area contributed by atoms with Crippen molar-refractivity contribution in [1.82, 2.24) is 4.90 Å². The van der Waals surface area contributed by atoms with Gasteiger partial charge in [-0.05, 0) is 24.2 Å². The maximum Gasteiger partial charge on any atom is 0.142 e. The number of ether oxygens (including phenoxy) is 2. The van der Waals surface area contributed by atoms with E-state index in [0.29, 0.717) is 5.69 Å². The van der Waals surface area contributed by atoms with Crippen molar-refractivity contribution in [1.29, 1.82) is 0 Å². The van der Waals surface area contributed by atoms with Crippen molar-refractivity contribution in [3.05, 3.63) is 23.8 Å². The summed E-state index contributed by atoms with van der Waals surface area (Å²) in [6.45, 7) is 5.96. The zero-order valence-corrected chi connectivity index (χ0v) is 10.5. The molecule has 0 radical (unpaired) electrons. The number of nitrogen functional groups attached to an aromatic ring is 1. The van der Waals surface area contributed by atoms with Crippen molar-refractivity contribution < 1.29 is 9.47 Å². The number of rotatable bonds is 3. The molecule has 0 amide bonds. The number of morpholine rings is 1. The highest BCUT2D eigenvalue weighted by Gasteiger charge is 2.21. The molecular weight excluding hydrogens is 216 g/mol. The van der Waals surface area contributed by atoms with Crippen molar-refractivity contribution >= 4 is 5.69 Å². The van der Waals surface area contributed by atoms with Crippen LogP contribution in [0.25, 0.3) is 0 Å². The number of anilines is 1. The van der Waals surface area contributed by atoms with Gasteiger partial charge in [0.15, 0.2) is 0 Å². The molecule has 1 fully saturated rings.